The Balaban J connectivity index is 3.89. The van der Waals surface area contributed by atoms with Crippen LogP contribution in [0.4, 0.5) is 0 Å². The molecule has 6 heteroatoms. The second-order valence-electron chi connectivity index (χ2n) is 18.5. The summed E-state index contributed by atoms with van der Waals surface area (Å²) in [5, 5.41) is 0. The molecule has 0 aromatic rings. The van der Waals surface area contributed by atoms with Gasteiger partial charge in [-0.25, -0.2) is 0 Å². The van der Waals surface area contributed by atoms with E-state index in [0.717, 1.165) is 83.5 Å². The Morgan fingerprint density at radius 2 is 0.609 bits per heavy atom. The summed E-state index contributed by atoms with van der Waals surface area (Å²) < 4.78 is 16.7. The molecule has 0 heterocycles. The molecule has 0 saturated carbocycles. The Bertz CT molecular complexity index is 1120. The number of rotatable bonds is 50. The number of unbranched alkanes of at least 4 members (excludes halogenated alkanes) is 31. The molecule has 0 aliphatic heterocycles. The molecule has 0 fully saturated rings. The van der Waals surface area contributed by atoms with Crippen molar-refractivity contribution in [3.05, 3.63) is 48.6 Å². The van der Waals surface area contributed by atoms with Gasteiger partial charge in [-0.2, -0.15) is 0 Å². The van der Waals surface area contributed by atoms with Crippen molar-refractivity contribution >= 4 is 17.9 Å². The molecule has 0 aromatic heterocycles. The summed E-state index contributed by atoms with van der Waals surface area (Å²) in [6.07, 6.45) is 64.4. The summed E-state index contributed by atoms with van der Waals surface area (Å²) in [7, 11) is 0. The van der Waals surface area contributed by atoms with Crippen molar-refractivity contribution in [2.45, 2.75) is 290 Å². The van der Waals surface area contributed by atoms with Gasteiger partial charge in [-0.3, -0.25) is 14.4 Å². The second kappa shape index (κ2) is 53.0. The van der Waals surface area contributed by atoms with Gasteiger partial charge in [0.25, 0.3) is 0 Å². The number of carbonyl (C=O) groups is 3. The Morgan fingerprint density at radius 1 is 0.328 bits per heavy atom. The maximum absolute atomic E-state index is 12.6. The molecule has 1 unspecified atom stereocenters. The molecule has 0 aromatic carbocycles. The fraction of sp³-hybridized carbons (Fsp3) is 0.810. The van der Waals surface area contributed by atoms with Crippen LogP contribution in [0.1, 0.15) is 284 Å². The number of carbonyl (C=O) groups excluding carboxylic acids is 3. The van der Waals surface area contributed by atoms with Gasteiger partial charge in [0.1, 0.15) is 13.2 Å². The lowest BCUT2D eigenvalue weighted by Gasteiger charge is -2.18. The standard InChI is InChI=1S/C58H104O6/c1-4-7-10-13-16-18-19-20-21-22-23-24-25-26-27-28-29-30-31-32-33-34-35-36-37-38-39-40-43-45-48-51-57(60)63-54-55(53-62-56(59)50-47-44-41-15-12-9-6-3)64-58(61)52-49-46-42-17-14-11-8-5-2/h7,10,16,18,20-21,23-24,55H,4-6,8-9,11-15,17,19,22,25-54H2,1-3H3/b10-7-,18-16-,21-20-,24-23-. The first-order chi connectivity index (χ1) is 31.5. The molecule has 0 amide bonds. The topological polar surface area (TPSA) is 78.9 Å². The van der Waals surface area contributed by atoms with E-state index in [-0.39, 0.29) is 31.1 Å². The van der Waals surface area contributed by atoms with Crippen molar-refractivity contribution in [1.29, 1.82) is 0 Å². The monoisotopic (exact) mass is 897 g/mol. The zero-order valence-corrected chi connectivity index (χ0v) is 42.6. The Labute approximate surface area is 397 Å². The Hall–Kier alpha value is -2.63. The number of hydrogen-bond donors (Lipinski definition) is 0. The van der Waals surface area contributed by atoms with E-state index in [1.165, 1.54) is 161 Å². The summed E-state index contributed by atoms with van der Waals surface area (Å²) >= 11 is 0. The van der Waals surface area contributed by atoms with E-state index in [9.17, 15) is 14.4 Å². The van der Waals surface area contributed by atoms with Gasteiger partial charge in [-0.05, 0) is 57.8 Å². The maximum Gasteiger partial charge on any atom is 0.306 e. The third-order valence-electron chi connectivity index (χ3n) is 12.1. The minimum Gasteiger partial charge on any atom is -0.462 e. The highest BCUT2D eigenvalue weighted by molar-refractivity contribution is 5.71. The van der Waals surface area contributed by atoms with Crippen LogP contribution in [0.15, 0.2) is 48.6 Å². The van der Waals surface area contributed by atoms with Gasteiger partial charge in [0.05, 0.1) is 0 Å². The molecule has 0 rings (SSSR count). The van der Waals surface area contributed by atoms with E-state index in [1.54, 1.807) is 0 Å². The van der Waals surface area contributed by atoms with E-state index in [2.05, 4.69) is 69.4 Å². The summed E-state index contributed by atoms with van der Waals surface area (Å²) in [5.74, 6) is -0.870. The Morgan fingerprint density at radius 3 is 0.953 bits per heavy atom. The average molecular weight is 897 g/mol. The molecule has 0 bridgehead atoms. The zero-order valence-electron chi connectivity index (χ0n) is 42.6. The van der Waals surface area contributed by atoms with Crippen LogP contribution in [-0.4, -0.2) is 37.2 Å². The molecule has 0 spiro atoms. The van der Waals surface area contributed by atoms with Crippen LogP contribution in [0.25, 0.3) is 0 Å². The average Bonchev–Trinajstić information content (AvgIpc) is 3.29. The molecular formula is C58H104O6. The minimum atomic E-state index is -0.762. The van der Waals surface area contributed by atoms with E-state index in [4.69, 9.17) is 14.2 Å². The molecule has 64 heavy (non-hydrogen) atoms. The lowest BCUT2D eigenvalue weighted by atomic mass is 10.0. The van der Waals surface area contributed by atoms with Crippen LogP contribution in [-0.2, 0) is 28.6 Å². The van der Waals surface area contributed by atoms with E-state index in [1.807, 2.05) is 0 Å². The SMILES string of the molecule is CC/C=C\C/C=C\C/C=C\C/C=C\CCCCCCCCCCCCCCCCCCCCC(=O)OCC(COC(=O)CCCCCCCCC)OC(=O)CCCCCCCCCC. The van der Waals surface area contributed by atoms with Crippen molar-refractivity contribution in [1.82, 2.24) is 0 Å². The number of ether oxygens (including phenoxy) is 3. The lowest BCUT2D eigenvalue weighted by molar-refractivity contribution is -0.167. The van der Waals surface area contributed by atoms with Gasteiger partial charge < -0.3 is 14.2 Å². The van der Waals surface area contributed by atoms with Gasteiger partial charge in [-0.15, -0.1) is 0 Å². The van der Waals surface area contributed by atoms with E-state index >= 15 is 0 Å². The van der Waals surface area contributed by atoms with Gasteiger partial charge in [0.15, 0.2) is 6.10 Å². The fourth-order valence-electron chi connectivity index (χ4n) is 7.96. The molecule has 0 radical (unpaired) electrons. The lowest BCUT2D eigenvalue weighted by Crippen LogP contribution is -2.30. The molecule has 0 N–H and O–H groups in total. The first kappa shape index (κ1) is 61.4. The second-order valence-corrected chi connectivity index (χ2v) is 18.5. The van der Waals surface area contributed by atoms with Crippen LogP contribution < -0.4 is 0 Å². The minimum absolute atomic E-state index is 0.0681. The van der Waals surface area contributed by atoms with Gasteiger partial charge in [-0.1, -0.05) is 256 Å². The van der Waals surface area contributed by atoms with Gasteiger partial charge in [0, 0.05) is 19.3 Å². The molecule has 0 saturated heterocycles. The predicted molar refractivity (Wildman–Crippen MR) is 275 cm³/mol. The van der Waals surface area contributed by atoms with Crippen molar-refractivity contribution in [2.75, 3.05) is 13.2 Å². The van der Waals surface area contributed by atoms with Crippen molar-refractivity contribution in [3.63, 3.8) is 0 Å². The highest BCUT2D eigenvalue weighted by atomic mass is 16.6. The number of allylic oxidation sites excluding steroid dienone is 8. The number of esters is 3. The highest BCUT2D eigenvalue weighted by Crippen LogP contribution is 2.16. The van der Waals surface area contributed by atoms with Crippen molar-refractivity contribution in [3.8, 4) is 0 Å². The van der Waals surface area contributed by atoms with Crippen molar-refractivity contribution < 1.29 is 28.6 Å². The highest BCUT2D eigenvalue weighted by Gasteiger charge is 2.19. The van der Waals surface area contributed by atoms with Crippen molar-refractivity contribution in [2.24, 2.45) is 0 Å². The Kier molecular flexibility index (Phi) is 50.8. The van der Waals surface area contributed by atoms with Crippen LogP contribution in [0.3, 0.4) is 0 Å². The largest absolute Gasteiger partial charge is 0.462 e. The predicted octanol–water partition coefficient (Wildman–Crippen LogP) is 18.3. The molecule has 372 valence electrons. The summed E-state index contributed by atoms with van der Waals surface area (Å²) in [6, 6.07) is 0. The van der Waals surface area contributed by atoms with Crippen LogP contribution >= 0.6 is 0 Å². The zero-order chi connectivity index (χ0) is 46.5. The molecular weight excluding hydrogens is 793 g/mol. The maximum atomic E-state index is 12.6. The molecule has 0 aliphatic rings. The van der Waals surface area contributed by atoms with Gasteiger partial charge in [0.2, 0.25) is 0 Å². The first-order valence-corrected chi connectivity index (χ1v) is 27.6. The normalized spacial score (nSPS) is 12.4. The fourth-order valence-corrected chi connectivity index (χ4v) is 7.96. The summed E-state index contributed by atoms with van der Waals surface area (Å²) in [4.78, 5) is 37.6. The first-order valence-electron chi connectivity index (χ1n) is 27.6. The third kappa shape index (κ3) is 50.4. The van der Waals surface area contributed by atoms with Crippen LogP contribution in [0.5, 0.6) is 0 Å². The smallest absolute Gasteiger partial charge is 0.306 e. The molecule has 6 nitrogen and oxygen atoms in total. The summed E-state index contributed by atoms with van der Waals surface area (Å²) in [6.45, 7) is 6.47. The van der Waals surface area contributed by atoms with Crippen LogP contribution in [0.2, 0.25) is 0 Å². The third-order valence-corrected chi connectivity index (χ3v) is 12.1. The van der Waals surface area contributed by atoms with Crippen LogP contribution in [0, 0.1) is 0 Å². The molecule has 1 atom stereocenters. The van der Waals surface area contributed by atoms with E-state index < -0.39 is 6.10 Å². The summed E-state index contributed by atoms with van der Waals surface area (Å²) in [5.41, 5.74) is 0. The van der Waals surface area contributed by atoms with Gasteiger partial charge >= 0.3 is 17.9 Å². The van der Waals surface area contributed by atoms with E-state index in [0.29, 0.717) is 19.3 Å². The number of hydrogen-bond acceptors (Lipinski definition) is 6. The molecule has 0 aliphatic carbocycles. The quantitative estimate of drug-likeness (QED) is 0.0262.